The van der Waals surface area contributed by atoms with Crippen LogP contribution in [0.3, 0.4) is 0 Å². The Labute approximate surface area is 109 Å². The first-order valence-electron chi connectivity index (χ1n) is 6.28. The van der Waals surface area contributed by atoms with Crippen molar-refractivity contribution in [3.05, 3.63) is 47.8 Å². The molecule has 1 atom stereocenters. The molecule has 3 heteroatoms. The summed E-state index contributed by atoms with van der Waals surface area (Å²) in [7, 11) is 0. The number of rotatable bonds is 8. The standard InChI is InChI=1S/C15H22FNO/c1-12(2)11-18-8-7-17-13(3)9-14-5-4-6-15(16)10-14/h4-6,10,13,17H,1,7-9,11H2,2-3H3. The molecule has 0 heterocycles. The summed E-state index contributed by atoms with van der Waals surface area (Å²) >= 11 is 0. The smallest absolute Gasteiger partial charge is 0.123 e. The zero-order chi connectivity index (χ0) is 13.4. The molecule has 100 valence electrons. The van der Waals surface area contributed by atoms with Crippen molar-refractivity contribution in [3.8, 4) is 0 Å². The van der Waals surface area contributed by atoms with Gasteiger partial charge < -0.3 is 10.1 Å². The lowest BCUT2D eigenvalue weighted by atomic mass is 10.1. The van der Waals surface area contributed by atoms with Crippen LogP contribution in [0.2, 0.25) is 0 Å². The van der Waals surface area contributed by atoms with E-state index in [-0.39, 0.29) is 5.82 Å². The van der Waals surface area contributed by atoms with Gasteiger partial charge in [0.15, 0.2) is 0 Å². The maximum Gasteiger partial charge on any atom is 0.123 e. The molecule has 0 amide bonds. The van der Waals surface area contributed by atoms with Crippen LogP contribution >= 0.6 is 0 Å². The van der Waals surface area contributed by atoms with Gasteiger partial charge in [-0.05, 0) is 38.0 Å². The van der Waals surface area contributed by atoms with E-state index in [1.54, 1.807) is 12.1 Å². The lowest BCUT2D eigenvalue weighted by Gasteiger charge is -2.14. The average molecular weight is 251 g/mol. The number of nitrogens with one attached hydrogen (secondary N) is 1. The molecule has 1 aromatic rings. The van der Waals surface area contributed by atoms with Crippen LogP contribution in [0.25, 0.3) is 0 Å². The second-order valence-corrected chi connectivity index (χ2v) is 4.70. The zero-order valence-corrected chi connectivity index (χ0v) is 11.2. The molecule has 1 rings (SSSR count). The summed E-state index contributed by atoms with van der Waals surface area (Å²) in [5.41, 5.74) is 2.04. The molecule has 1 aromatic carbocycles. The highest BCUT2D eigenvalue weighted by Crippen LogP contribution is 2.06. The molecule has 0 aromatic heterocycles. The van der Waals surface area contributed by atoms with Gasteiger partial charge in [-0.1, -0.05) is 24.3 Å². The minimum atomic E-state index is -0.176. The van der Waals surface area contributed by atoms with E-state index in [1.165, 1.54) is 6.07 Å². The molecule has 0 aliphatic heterocycles. The van der Waals surface area contributed by atoms with E-state index < -0.39 is 0 Å². The molecule has 0 saturated carbocycles. The van der Waals surface area contributed by atoms with Crippen LogP contribution in [0.5, 0.6) is 0 Å². The van der Waals surface area contributed by atoms with Crippen LogP contribution in [0.4, 0.5) is 4.39 Å². The summed E-state index contributed by atoms with van der Waals surface area (Å²) in [5.74, 6) is -0.176. The molecule has 0 saturated heterocycles. The van der Waals surface area contributed by atoms with Gasteiger partial charge in [0.1, 0.15) is 5.82 Å². The Morgan fingerprint density at radius 3 is 2.94 bits per heavy atom. The highest BCUT2D eigenvalue weighted by Gasteiger charge is 2.03. The summed E-state index contributed by atoms with van der Waals surface area (Å²) in [6.07, 6.45) is 0.818. The van der Waals surface area contributed by atoms with Gasteiger partial charge in [0.25, 0.3) is 0 Å². The Bertz CT molecular complexity index is 379. The van der Waals surface area contributed by atoms with Gasteiger partial charge in [0.2, 0.25) is 0 Å². The van der Waals surface area contributed by atoms with Gasteiger partial charge in [-0.3, -0.25) is 0 Å². The second-order valence-electron chi connectivity index (χ2n) is 4.70. The number of ether oxygens (including phenoxy) is 1. The fourth-order valence-electron chi connectivity index (χ4n) is 1.71. The zero-order valence-electron chi connectivity index (χ0n) is 11.2. The third-order valence-corrected chi connectivity index (χ3v) is 2.52. The van der Waals surface area contributed by atoms with Crippen molar-refractivity contribution in [2.75, 3.05) is 19.8 Å². The van der Waals surface area contributed by atoms with Gasteiger partial charge >= 0.3 is 0 Å². The van der Waals surface area contributed by atoms with Crippen LogP contribution in [-0.2, 0) is 11.2 Å². The number of benzene rings is 1. The van der Waals surface area contributed by atoms with E-state index in [2.05, 4.69) is 18.8 Å². The summed E-state index contributed by atoms with van der Waals surface area (Å²) in [4.78, 5) is 0. The molecule has 18 heavy (non-hydrogen) atoms. The fraction of sp³-hybridized carbons (Fsp3) is 0.467. The van der Waals surface area contributed by atoms with E-state index in [1.807, 2.05) is 13.0 Å². The summed E-state index contributed by atoms with van der Waals surface area (Å²) in [6.45, 7) is 9.88. The third kappa shape index (κ3) is 6.52. The summed E-state index contributed by atoms with van der Waals surface area (Å²) in [6, 6.07) is 7.04. The normalized spacial score (nSPS) is 12.4. The minimum absolute atomic E-state index is 0.176. The van der Waals surface area contributed by atoms with Crippen molar-refractivity contribution < 1.29 is 9.13 Å². The molecular formula is C15H22FNO. The molecule has 1 N–H and O–H groups in total. The first-order valence-corrected chi connectivity index (χ1v) is 6.28. The fourth-order valence-corrected chi connectivity index (χ4v) is 1.71. The first-order chi connectivity index (χ1) is 8.58. The van der Waals surface area contributed by atoms with Gasteiger partial charge in [-0.25, -0.2) is 4.39 Å². The Morgan fingerprint density at radius 2 is 2.28 bits per heavy atom. The predicted octanol–water partition coefficient (Wildman–Crippen LogP) is 2.94. The van der Waals surface area contributed by atoms with Crippen molar-refractivity contribution in [2.45, 2.75) is 26.3 Å². The van der Waals surface area contributed by atoms with Crippen molar-refractivity contribution in [1.82, 2.24) is 5.32 Å². The van der Waals surface area contributed by atoms with Crippen LogP contribution < -0.4 is 5.32 Å². The van der Waals surface area contributed by atoms with E-state index in [0.717, 1.165) is 24.1 Å². The van der Waals surface area contributed by atoms with Gasteiger partial charge in [0, 0.05) is 12.6 Å². The van der Waals surface area contributed by atoms with Crippen LogP contribution in [-0.4, -0.2) is 25.8 Å². The van der Waals surface area contributed by atoms with Crippen LogP contribution in [0.15, 0.2) is 36.4 Å². The van der Waals surface area contributed by atoms with E-state index >= 15 is 0 Å². The van der Waals surface area contributed by atoms with E-state index in [9.17, 15) is 4.39 Å². The first kappa shape index (κ1) is 14.9. The molecule has 0 aliphatic rings. The average Bonchev–Trinajstić information content (AvgIpc) is 2.28. The number of hydrogen-bond donors (Lipinski definition) is 1. The number of hydrogen-bond acceptors (Lipinski definition) is 2. The van der Waals surface area contributed by atoms with Gasteiger partial charge in [0.05, 0.1) is 13.2 Å². The Kier molecular flexibility index (Phi) is 6.61. The SMILES string of the molecule is C=C(C)COCCNC(C)Cc1cccc(F)c1. The number of halogens is 1. The topological polar surface area (TPSA) is 21.3 Å². The Morgan fingerprint density at radius 1 is 1.50 bits per heavy atom. The van der Waals surface area contributed by atoms with Crippen molar-refractivity contribution in [1.29, 1.82) is 0 Å². The Balaban J connectivity index is 2.17. The second kappa shape index (κ2) is 8.01. The van der Waals surface area contributed by atoms with Crippen LogP contribution in [0.1, 0.15) is 19.4 Å². The molecule has 2 nitrogen and oxygen atoms in total. The minimum Gasteiger partial charge on any atom is -0.376 e. The third-order valence-electron chi connectivity index (χ3n) is 2.52. The monoisotopic (exact) mass is 251 g/mol. The summed E-state index contributed by atoms with van der Waals surface area (Å²) < 4.78 is 18.4. The highest BCUT2D eigenvalue weighted by atomic mass is 19.1. The van der Waals surface area contributed by atoms with Gasteiger partial charge in [-0.15, -0.1) is 0 Å². The maximum atomic E-state index is 13.0. The van der Waals surface area contributed by atoms with Crippen molar-refractivity contribution in [3.63, 3.8) is 0 Å². The molecular weight excluding hydrogens is 229 g/mol. The predicted molar refractivity (Wildman–Crippen MR) is 73.2 cm³/mol. The molecule has 1 unspecified atom stereocenters. The molecule has 0 fully saturated rings. The van der Waals surface area contributed by atoms with Crippen molar-refractivity contribution >= 4 is 0 Å². The van der Waals surface area contributed by atoms with Crippen molar-refractivity contribution in [2.24, 2.45) is 0 Å². The largest absolute Gasteiger partial charge is 0.376 e. The maximum absolute atomic E-state index is 13.0. The highest BCUT2D eigenvalue weighted by molar-refractivity contribution is 5.17. The molecule has 0 bridgehead atoms. The van der Waals surface area contributed by atoms with E-state index in [0.29, 0.717) is 19.3 Å². The van der Waals surface area contributed by atoms with Gasteiger partial charge in [-0.2, -0.15) is 0 Å². The lowest BCUT2D eigenvalue weighted by molar-refractivity contribution is 0.156. The van der Waals surface area contributed by atoms with Crippen LogP contribution in [0, 0.1) is 5.82 Å². The molecule has 0 radical (unpaired) electrons. The lowest BCUT2D eigenvalue weighted by Crippen LogP contribution is -2.31. The Hall–Kier alpha value is -1.19. The quantitative estimate of drug-likeness (QED) is 0.566. The molecule has 0 aliphatic carbocycles. The van der Waals surface area contributed by atoms with E-state index in [4.69, 9.17) is 4.74 Å². The summed E-state index contributed by atoms with van der Waals surface area (Å²) in [5, 5.41) is 3.35. The molecule has 0 spiro atoms.